The highest BCUT2D eigenvalue weighted by molar-refractivity contribution is 7.13. The Morgan fingerprint density at radius 1 is 1.36 bits per heavy atom. The van der Waals surface area contributed by atoms with Crippen LogP contribution < -0.4 is 5.32 Å². The minimum absolute atomic E-state index is 0.138. The quantitative estimate of drug-likeness (QED) is 0.938. The van der Waals surface area contributed by atoms with Crippen LogP contribution in [0.4, 0.5) is 0 Å². The summed E-state index contributed by atoms with van der Waals surface area (Å²) < 4.78 is 0. The maximum absolute atomic E-state index is 11.8. The lowest BCUT2D eigenvalue weighted by atomic mass is 9.96. The molecule has 1 aliphatic rings. The Kier molecular flexibility index (Phi) is 4.90. The van der Waals surface area contributed by atoms with Crippen LogP contribution in [0.25, 0.3) is 10.4 Å². The fourth-order valence-electron chi connectivity index (χ4n) is 3.14. The molecular formula is C18H22N2OS. The zero-order valence-corrected chi connectivity index (χ0v) is 13.7. The van der Waals surface area contributed by atoms with Gasteiger partial charge in [0.2, 0.25) is 5.91 Å². The topological polar surface area (TPSA) is 32.3 Å². The van der Waals surface area contributed by atoms with Gasteiger partial charge in [-0.05, 0) is 48.0 Å². The van der Waals surface area contributed by atoms with Gasteiger partial charge in [-0.2, -0.15) is 0 Å². The van der Waals surface area contributed by atoms with Gasteiger partial charge in [0.1, 0.15) is 0 Å². The van der Waals surface area contributed by atoms with E-state index in [1.807, 2.05) is 0 Å². The van der Waals surface area contributed by atoms with Crippen LogP contribution in [0.2, 0.25) is 0 Å². The maximum atomic E-state index is 11.8. The zero-order chi connectivity index (χ0) is 15.4. The lowest BCUT2D eigenvalue weighted by Crippen LogP contribution is -2.41. The molecule has 1 amide bonds. The first-order chi connectivity index (χ1) is 10.8. The second kappa shape index (κ2) is 7.07. The molecule has 116 valence electrons. The van der Waals surface area contributed by atoms with Gasteiger partial charge in [-0.1, -0.05) is 24.3 Å². The molecule has 0 saturated carbocycles. The minimum atomic E-state index is 0.138. The second-order valence-corrected chi connectivity index (χ2v) is 6.81. The van der Waals surface area contributed by atoms with E-state index >= 15 is 0 Å². The number of nitrogens with zero attached hydrogens (tertiary/aromatic N) is 1. The molecule has 1 aromatic carbocycles. The number of thiophene rings is 1. The standard InChI is InChI=1S/C18H22N2OS/c1-19-18(21)16-7-3-9-20(13-16)12-14-5-2-6-15(11-14)17-8-4-10-22-17/h2,4-6,8,10-11,16H,3,7,9,12-13H2,1H3,(H,19,21). The summed E-state index contributed by atoms with van der Waals surface area (Å²) in [6, 6.07) is 13.0. The average molecular weight is 314 g/mol. The normalized spacial score (nSPS) is 19.0. The molecule has 1 unspecified atom stereocenters. The number of rotatable bonds is 4. The van der Waals surface area contributed by atoms with Gasteiger partial charge >= 0.3 is 0 Å². The van der Waals surface area contributed by atoms with Crippen molar-refractivity contribution in [1.29, 1.82) is 0 Å². The van der Waals surface area contributed by atoms with Crippen molar-refractivity contribution in [2.24, 2.45) is 5.92 Å². The van der Waals surface area contributed by atoms with E-state index in [9.17, 15) is 4.79 Å². The summed E-state index contributed by atoms with van der Waals surface area (Å²) >= 11 is 1.77. The lowest BCUT2D eigenvalue weighted by molar-refractivity contribution is -0.126. The summed E-state index contributed by atoms with van der Waals surface area (Å²) in [7, 11) is 1.73. The largest absolute Gasteiger partial charge is 0.359 e. The number of amides is 1. The molecule has 0 aliphatic carbocycles. The molecule has 0 spiro atoms. The van der Waals surface area contributed by atoms with Crippen LogP contribution in [0.15, 0.2) is 41.8 Å². The second-order valence-electron chi connectivity index (χ2n) is 5.87. The molecule has 1 aliphatic heterocycles. The summed E-state index contributed by atoms with van der Waals surface area (Å²) in [5.41, 5.74) is 2.61. The molecule has 1 atom stereocenters. The summed E-state index contributed by atoms with van der Waals surface area (Å²) in [6.07, 6.45) is 2.11. The van der Waals surface area contributed by atoms with Crippen LogP contribution in [0.5, 0.6) is 0 Å². The summed E-state index contributed by atoms with van der Waals surface area (Å²) in [5.74, 6) is 0.316. The maximum Gasteiger partial charge on any atom is 0.224 e. The SMILES string of the molecule is CNC(=O)C1CCCN(Cc2cccc(-c3cccs3)c2)C1. The van der Waals surface area contributed by atoms with E-state index in [4.69, 9.17) is 0 Å². The highest BCUT2D eigenvalue weighted by atomic mass is 32.1. The minimum Gasteiger partial charge on any atom is -0.359 e. The van der Waals surface area contributed by atoms with Crippen LogP contribution in [-0.2, 0) is 11.3 Å². The van der Waals surface area contributed by atoms with E-state index in [0.717, 1.165) is 32.5 Å². The lowest BCUT2D eigenvalue weighted by Gasteiger charge is -2.31. The number of likely N-dealkylation sites (tertiary alicyclic amines) is 1. The Hall–Kier alpha value is -1.65. The molecule has 2 aromatic rings. The number of hydrogen-bond donors (Lipinski definition) is 1. The Labute approximate surface area is 136 Å². The van der Waals surface area contributed by atoms with Gasteiger partial charge in [-0.25, -0.2) is 0 Å². The van der Waals surface area contributed by atoms with Crippen LogP contribution >= 0.6 is 11.3 Å². The Morgan fingerprint density at radius 3 is 3.05 bits per heavy atom. The smallest absolute Gasteiger partial charge is 0.224 e. The molecule has 1 N–H and O–H groups in total. The van der Waals surface area contributed by atoms with Gasteiger partial charge in [0.15, 0.2) is 0 Å². The number of hydrogen-bond acceptors (Lipinski definition) is 3. The first kappa shape index (κ1) is 15.3. The highest BCUT2D eigenvalue weighted by Crippen LogP contribution is 2.26. The van der Waals surface area contributed by atoms with E-state index in [1.54, 1.807) is 18.4 Å². The highest BCUT2D eigenvalue weighted by Gasteiger charge is 2.24. The van der Waals surface area contributed by atoms with Crippen molar-refractivity contribution in [2.45, 2.75) is 19.4 Å². The first-order valence-corrected chi connectivity index (χ1v) is 8.71. The van der Waals surface area contributed by atoms with Crippen molar-refractivity contribution in [3.63, 3.8) is 0 Å². The van der Waals surface area contributed by atoms with Gasteiger partial charge in [0.25, 0.3) is 0 Å². The summed E-state index contributed by atoms with van der Waals surface area (Å²) in [6.45, 7) is 2.87. The third kappa shape index (κ3) is 3.57. The molecule has 1 aromatic heterocycles. The van der Waals surface area contributed by atoms with Gasteiger partial charge in [0.05, 0.1) is 5.92 Å². The molecule has 2 heterocycles. The van der Waals surface area contributed by atoms with E-state index in [1.165, 1.54) is 16.0 Å². The van der Waals surface area contributed by atoms with Crippen molar-refractivity contribution in [3.8, 4) is 10.4 Å². The van der Waals surface area contributed by atoms with Crippen LogP contribution in [0.3, 0.4) is 0 Å². The molecule has 0 radical (unpaired) electrons. The Morgan fingerprint density at radius 2 is 2.27 bits per heavy atom. The van der Waals surface area contributed by atoms with Crippen molar-refractivity contribution >= 4 is 17.2 Å². The number of carbonyl (C=O) groups is 1. The predicted molar refractivity (Wildman–Crippen MR) is 91.8 cm³/mol. The molecule has 0 bridgehead atoms. The van der Waals surface area contributed by atoms with E-state index in [0.29, 0.717) is 0 Å². The van der Waals surface area contributed by atoms with Crippen LogP contribution in [-0.4, -0.2) is 30.9 Å². The van der Waals surface area contributed by atoms with E-state index in [-0.39, 0.29) is 11.8 Å². The monoisotopic (exact) mass is 314 g/mol. The Bertz CT molecular complexity index is 624. The fourth-order valence-corrected chi connectivity index (χ4v) is 3.87. The molecule has 4 heteroatoms. The van der Waals surface area contributed by atoms with Crippen molar-refractivity contribution < 1.29 is 4.79 Å². The van der Waals surface area contributed by atoms with Crippen molar-refractivity contribution in [2.75, 3.05) is 20.1 Å². The Balaban J connectivity index is 1.68. The molecular weight excluding hydrogens is 292 g/mol. The molecule has 1 saturated heterocycles. The fraction of sp³-hybridized carbons (Fsp3) is 0.389. The number of benzene rings is 1. The van der Waals surface area contributed by atoms with Crippen LogP contribution in [0, 0.1) is 5.92 Å². The van der Waals surface area contributed by atoms with E-state index < -0.39 is 0 Å². The molecule has 1 fully saturated rings. The average Bonchev–Trinajstić information content (AvgIpc) is 3.09. The third-order valence-corrected chi connectivity index (χ3v) is 5.18. The third-order valence-electron chi connectivity index (χ3n) is 4.26. The van der Waals surface area contributed by atoms with Gasteiger partial charge in [-0.15, -0.1) is 11.3 Å². The predicted octanol–water partition coefficient (Wildman–Crippen LogP) is 3.37. The number of piperidine rings is 1. The van der Waals surface area contributed by atoms with Gasteiger partial charge in [0, 0.05) is 25.0 Å². The van der Waals surface area contributed by atoms with Crippen molar-refractivity contribution in [1.82, 2.24) is 10.2 Å². The van der Waals surface area contributed by atoms with Gasteiger partial charge < -0.3 is 5.32 Å². The summed E-state index contributed by atoms with van der Waals surface area (Å²) in [5, 5.41) is 4.89. The molecule has 3 nitrogen and oxygen atoms in total. The summed E-state index contributed by atoms with van der Waals surface area (Å²) in [4.78, 5) is 15.5. The first-order valence-electron chi connectivity index (χ1n) is 7.83. The van der Waals surface area contributed by atoms with Gasteiger partial charge in [-0.3, -0.25) is 9.69 Å². The van der Waals surface area contributed by atoms with Crippen LogP contribution in [0.1, 0.15) is 18.4 Å². The molecule has 3 rings (SSSR count). The number of nitrogens with one attached hydrogen (secondary N) is 1. The van der Waals surface area contributed by atoms with E-state index in [2.05, 4.69) is 52.0 Å². The zero-order valence-electron chi connectivity index (χ0n) is 12.9. The van der Waals surface area contributed by atoms with Crippen molar-refractivity contribution in [3.05, 3.63) is 47.3 Å². The number of carbonyl (C=O) groups excluding carboxylic acids is 1. The molecule has 22 heavy (non-hydrogen) atoms.